The average Bonchev–Trinajstić information content (AvgIpc) is 2.40. The number of hydrogen-bond acceptors (Lipinski definition) is 3. The Bertz CT molecular complexity index is 684. The third-order valence-electron chi connectivity index (χ3n) is 2.87. The van der Waals surface area contributed by atoms with Crippen LogP contribution in [0, 0.1) is 6.92 Å². The normalized spacial score (nSPS) is 11.2. The molecule has 1 aromatic carbocycles. The molecule has 0 bridgehead atoms. The predicted molar refractivity (Wildman–Crippen MR) is 70.7 cm³/mol. The van der Waals surface area contributed by atoms with Crippen LogP contribution in [0.2, 0.25) is 0 Å². The quantitative estimate of drug-likeness (QED) is 0.903. The van der Waals surface area contributed by atoms with Crippen molar-refractivity contribution < 1.29 is 23.1 Å². The Morgan fingerprint density at radius 1 is 1.29 bits per heavy atom. The molecule has 0 amide bonds. The van der Waals surface area contributed by atoms with E-state index in [1.54, 1.807) is 0 Å². The molecule has 4 nitrogen and oxygen atoms in total. The number of nitrogens with zero attached hydrogens (tertiary/aromatic N) is 1. The summed E-state index contributed by atoms with van der Waals surface area (Å²) in [6.07, 6.45) is -1.92. The number of hydrogen-bond donors (Lipinski definition) is 2. The standard InChI is InChI=1S/C14H11F3N2O2/c1-8-2-3-9(6-11(8)14(15,16)17)19-12-7-18-5-4-10(12)13(20)21/h2-7,19H,1H3,(H,20,21). The van der Waals surface area contributed by atoms with E-state index in [1.807, 2.05) is 0 Å². The van der Waals surface area contributed by atoms with Crippen LogP contribution in [-0.4, -0.2) is 16.1 Å². The fraction of sp³-hybridized carbons (Fsp3) is 0.143. The number of alkyl halides is 3. The van der Waals surface area contributed by atoms with E-state index in [1.165, 1.54) is 37.5 Å². The molecular weight excluding hydrogens is 285 g/mol. The number of nitrogens with one attached hydrogen (secondary N) is 1. The monoisotopic (exact) mass is 296 g/mol. The van der Waals surface area contributed by atoms with Crippen molar-refractivity contribution in [1.29, 1.82) is 0 Å². The molecule has 0 atom stereocenters. The van der Waals surface area contributed by atoms with Crippen LogP contribution >= 0.6 is 0 Å². The van der Waals surface area contributed by atoms with Crippen molar-refractivity contribution in [2.45, 2.75) is 13.1 Å². The fourth-order valence-corrected chi connectivity index (χ4v) is 1.84. The number of aromatic carboxylic acids is 1. The molecule has 21 heavy (non-hydrogen) atoms. The lowest BCUT2D eigenvalue weighted by atomic mass is 10.1. The van der Waals surface area contributed by atoms with E-state index in [9.17, 15) is 18.0 Å². The zero-order valence-electron chi connectivity index (χ0n) is 10.9. The first-order valence-electron chi connectivity index (χ1n) is 5.91. The van der Waals surface area contributed by atoms with E-state index in [0.717, 1.165) is 6.07 Å². The summed E-state index contributed by atoms with van der Waals surface area (Å²) in [5.74, 6) is -1.19. The molecule has 1 heterocycles. The SMILES string of the molecule is Cc1ccc(Nc2cnccc2C(=O)O)cc1C(F)(F)F. The number of rotatable bonds is 3. The zero-order valence-corrected chi connectivity index (χ0v) is 10.9. The Morgan fingerprint density at radius 3 is 2.62 bits per heavy atom. The maximum Gasteiger partial charge on any atom is 0.416 e. The smallest absolute Gasteiger partial charge is 0.416 e. The predicted octanol–water partition coefficient (Wildman–Crippen LogP) is 3.85. The molecule has 110 valence electrons. The van der Waals surface area contributed by atoms with Gasteiger partial charge >= 0.3 is 12.1 Å². The lowest BCUT2D eigenvalue weighted by Gasteiger charge is -2.14. The molecule has 2 aromatic rings. The van der Waals surface area contributed by atoms with Crippen LogP contribution in [0.4, 0.5) is 24.5 Å². The number of benzene rings is 1. The Balaban J connectivity index is 2.40. The molecule has 0 saturated carbocycles. The minimum atomic E-state index is -4.47. The first-order chi connectivity index (χ1) is 9.79. The van der Waals surface area contributed by atoms with Crippen molar-refractivity contribution in [2.24, 2.45) is 0 Å². The largest absolute Gasteiger partial charge is 0.478 e. The van der Waals surface area contributed by atoms with Gasteiger partial charge in [0, 0.05) is 11.9 Å². The molecule has 7 heteroatoms. The lowest BCUT2D eigenvalue weighted by molar-refractivity contribution is -0.138. The molecule has 1 aromatic heterocycles. The van der Waals surface area contributed by atoms with Crippen molar-refractivity contribution in [2.75, 3.05) is 5.32 Å². The van der Waals surface area contributed by atoms with Gasteiger partial charge in [-0.1, -0.05) is 6.07 Å². The van der Waals surface area contributed by atoms with Gasteiger partial charge in [0.1, 0.15) is 0 Å². The van der Waals surface area contributed by atoms with Gasteiger partial charge in [0.2, 0.25) is 0 Å². The Hall–Kier alpha value is -2.57. The topological polar surface area (TPSA) is 62.2 Å². The third-order valence-corrected chi connectivity index (χ3v) is 2.87. The van der Waals surface area contributed by atoms with E-state index in [2.05, 4.69) is 10.3 Å². The second kappa shape index (κ2) is 5.43. The summed E-state index contributed by atoms with van der Waals surface area (Å²) >= 11 is 0. The Labute approximate surface area is 118 Å². The van der Waals surface area contributed by atoms with Gasteiger partial charge in [0.25, 0.3) is 0 Å². The minimum Gasteiger partial charge on any atom is -0.478 e. The number of carbonyl (C=O) groups is 1. The first kappa shape index (κ1) is 14.8. The molecule has 0 unspecified atom stereocenters. The molecule has 2 N–H and O–H groups in total. The maximum absolute atomic E-state index is 12.8. The number of pyridine rings is 1. The molecule has 0 aliphatic rings. The molecule has 2 rings (SSSR count). The Morgan fingerprint density at radius 2 is 2.00 bits per heavy atom. The van der Waals surface area contributed by atoms with E-state index in [-0.39, 0.29) is 22.5 Å². The number of anilines is 2. The highest BCUT2D eigenvalue weighted by atomic mass is 19.4. The molecule has 0 spiro atoms. The second-order valence-corrected chi connectivity index (χ2v) is 4.38. The summed E-state index contributed by atoms with van der Waals surface area (Å²) < 4.78 is 38.5. The van der Waals surface area contributed by atoms with Crippen LogP contribution in [0.1, 0.15) is 21.5 Å². The van der Waals surface area contributed by atoms with Crippen molar-refractivity contribution in [3.8, 4) is 0 Å². The molecule has 0 radical (unpaired) electrons. The number of aryl methyl sites for hydroxylation is 1. The lowest BCUT2D eigenvalue weighted by Crippen LogP contribution is -2.09. The van der Waals surface area contributed by atoms with Crippen molar-refractivity contribution >= 4 is 17.3 Å². The number of carboxylic acids is 1. The summed E-state index contributed by atoms with van der Waals surface area (Å²) in [4.78, 5) is 14.8. The minimum absolute atomic E-state index is 0.0702. The third kappa shape index (κ3) is 3.31. The summed E-state index contributed by atoms with van der Waals surface area (Å²) in [6.45, 7) is 1.36. The van der Waals surface area contributed by atoms with E-state index >= 15 is 0 Å². The van der Waals surface area contributed by atoms with Gasteiger partial charge in [-0.05, 0) is 30.7 Å². The van der Waals surface area contributed by atoms with Crippen LogP contribution in [0.3, 0.4) is 0 Å². The van der Waals surface area contributed by atoms with Gasteiger partial charge in [-0.3, -0.25) is 4.98 Å². The maximum atomic E-state index is 12.8. The van der Waals surface area contributed by atoms with E-state index in [0.29, 0.717) is 0 Å². The molecular formula is C14H11F3N2O2. The van der Waals surface area contributed by atoms with Crippen molar-refractivity contribution in [3.63, 3.8) is 0 Å². The summed E-state index contributed by atoms with van der Waals surface area (Å²) in [7, 11) is 0. The highest BCUT2D eigenvalue weighted by Gasteiger charge is 2.32. The van der Waals surface area contributed by atoms with Gasteiger partial charge in [-0.25, -0.2) is 4.79 Å². The van der Waals surface area contributed by atoms with Crippen LogP contribution in [-0.2, 0) is 6.18 Å². The number of aromatic nitrogens is 1. The van der Waals surface area contributed by atoms with Crippen LogP contribution in [0.15, 0.2) is 36.7 Å². The highest BCUT2D eigenvalue weighted by Crippen LogP contribution is 2.34. The molecule has 0 aliphatic carbocycles. The molecule has 0 saturated heterocycles. The van der Waals surface area contributed by atoms with Gasteiger partial charge in [-0.2, -0.15) is 13.2 Å². The number of halogens is 3. The summed E-state index contributed by atoms with van der Waals surface area (Å²) in [6, 6.07) is 4.97. The van der Waals surface area contributed by atoms with E-state index < -0.39 is 17.7 Å². The van der Waals surface area contributed by atoms with Crippen LogP contribution in [0.25, 0.3) is 0 Å². The average molecular weight is 296 g/mol. The summed E-state index contributed by atoms with van der Waals surface area (Å²) in [5.41, 5.74) is -0.476. The fourth-order valence-electron chi connectivity index (χ4n) is 1.84. The van der Waals surface area contributed by atoms with Crippen LogP contribution < -0.4 is 5.32 Å². The van der Waals surface area contributed by atoms with Crippen molar-refractivity contribution in [3.05, 3.63) is 53.3 Å². The zero-order chi connectivity index (χ0) is 15.6. The molecule has 0 aliphatic heterocycles. The van der Waals surface area contributed by atoms with Crippen molar-refractivity contribution in [1.82, 2.24) is 4.98 Å². The second-order valence-electron chi connectivity index (χ2n) is 4.38. The summed E-state index contributed by atoms with van der Waals surface area (Å²) in [5, 5.41) is 11.7. The van der Waals surface area contributed by atoms with Gasteiger partial charge < -0.3 is 10.4 Å². The van der Waals surface area contributed by atoms with Gasteiger partial charge in [-0.15, -0.1) is 0 Å². The van der Waals surface area contributed by atoms with Crippen LogP contribution in [0.5, 0.6) is 0 Å². The Kier molecular flexibility index (Phi) is 3.84. The first-order valence-corrected chi connectivity index (χ1v) is 5.91. The van der Waals surface area contributed by atoms with Gasteiger partial charge in [0.15, 0.2) is 0 Å². The van der Waals surface area contributed by atoms with E-state index in [4.69, 9.17) is 5.11 Å². The van der Waals surface area contributed by atoms with Gasteiger partial charge in [0.05, 0.1) is 23.0 Å². The molecule has 0 fully saturated rings. The number of carboxylic acid groups (broad SMARTS) is 1. The highest BCUT2D eigenvalue weighted by molar-refractivity contribution is 5.94.